The van der Waals surface area contributed by atoms with E-state index in [1.165, 1.54) is 0 Å². The summed E-state index contributed by atoms with van der Waals surface area (Å²) in [5, 5.41) is 39.6. The van der Waals surface area contributed by atoms with Crippen molar-refractivity contribution < 1.29 is 139 Å². The van der Waals surface area contributed by atoms with E-state index in [0.717, 1.165) is 41.5 Å². The third kappa shape index (κ3) is 25.0. The van der Waals surface area contributed by atoms with Crippen molar-refractivity contribution >= 4 is 66.2 Å². The van der Waals surface area contributed by atoms with Gasteiger partial charge < -0.3 is 118 Å². The Morgan fingerprint density at radius 2 is 0.691 bits per heavy atom. The predicted octanol–water partition coefficient (Wildman–Crippen LogP) is 3.97. The number of ether oxygens (including phenoxy) is 16. The van der Waals surface area contributed by atoms with Crippen LogP contribution in [0, 0.1) is 0 Å². The van der Waals surface area contributed by atoms with E-state index in [2.05, 4.69) is 31.9 Å². The van der Waals surface area contributed by atoms with Crippen LogP contribution in [0.1, 0.15) is 75.8 Å². The molecule has 0 aromatic heterocycles. The van der Waals surface area contributed by atoms with Gasteiger partial charge in [-0.1, -0.05) is 152 Å². The average Bonchev–Trinajstić information content (AvgIpc) is 1.25. The number of carbonyl (C=O) groups is 11. The fourth-order valence-corrected chi connectivity index (χ4v) is 12.5. The topological polar surface area (TPSA) is 448 Å². The van der Waals surface area contributed by atoms with Crippen LogP contribution in [0.5, 0.6) is 0 Å². The second kappa shape index (κ2) is 40.9. The Morgan fingerprint density at radius 1 is 0.336 bits per heavy atom. The molecule has 1 aliphatic carbocycles. The Balaban J connectivity index is 1.13. The molecule has 110 heavy (non-hydrogen) atoms. The van der Waals surface area contributed by atoms with Gasteiger partial charge in [0.15, 0.2) is 43.3 Å². The summed E-state index contributed by atoms with van der Waals surface area (Å²) < 4.78 is 97.2. The van der Waals surface area contributed by atoms with Crippen molar-refractivity contribution in [1.82, 2.24) is 31.9 Å². The van der Waals surface area contributed by atoms with Gasteiger partial charge in [0.05, 0.1) is 18.6 Å². The van der Waals surface area contributed by atoms with Gasteiger partial charge in [-0.15, -0.1) is 0 Å². The predicted molar refractivity (Wildman–Crippen MR) is 374 cm³/mol. The number of esters is 5. The van der Waals surface area contributed by atoms with E-state index in [0.29, 0.717) is 27.8 Å². The lowest BCUT2D eigenvalue weighted by molar-refractivity contribution is -0.312. The van der Waals surface area contributed by atoms with Gasteiger partial charge in [-0.3, -0.25) is 28.8 Å². The molecule has 1 saturated carbocycles. The smallest absolute Gasteiger partial charge is 0.407 e. The number of aliphatic hydroxyl groups is 2. The van der Waals surface area contributed by atoms with E-state index in [1.807, 2.05) is 0 Å². The van der Waals surface area contributed by atoms with Crippen molar-refractivity contribution in [3.63, 3.8) is 0 Å². The highest BCUT2D eigenvalue weighted by Gasteiger charge is 2.60. The normalized spacial score (nSPS) is 26.7. The van der Waals surface area contributed by atoms with Crippen molar-refractivity contribution in [2.75, 3.05) is 19.7 Å². The molecule has 35 heteroatoms. The fraction of sp³-hybridized carbons (Fsp3) is 0.453. The van der Waals surface area contributed by atoms with E-state index < -0.39 is 209 Å². The highest BCUT2D eigenvalue weighted by Crippen LogP contribution is 2.39. The quantitative estimate of drug-likeness (QED) is 0.0238. The van der Waals surface area contributed by atoms with Crippen LogP contribution in [0.4, 0.5) is 24.0 Å². The van der Waals surface area contributed by atoms with E-state index in [9.17, 15) is 63.0 Å². The number of benzene rings is 5. The van der Waals surface area contributed by atoms with E-state index >= 15 is 0 Å². The Labute approximate surface area is 631 Å². The van der Waals surface area contributed by atoms with Gasteiger partial charge in [0.25, 0.3) is 0 Å². The Bertz CT molecular complexity index is 3870. The Kier molecular flexibility index (Phi) is 30.9. The second-order valence-corrected chi connectivity index (χ2v) is 25.7. The largest absolute Gasteiger partial charge is 0.463 e. The highest BCUT2D eigenvalue weighted by molar-refractivity contribution is 5.74. The molecule has 4 aliphatic rings. The van der Waals surface area contributed by atoms with E-state index in [4.69, 9.17) is 75.8 Å². The van der Waals surface area contributed by atoms with Gasteiger partial charge in [-0.2, -0.15) is 0 Å². The summed E-state index contributed by atoms with van der Waals surface area (Å²) in [4.78, 5) is 150. The molecule has 8 N–H and O–H groups in total. The van der Waals surface area contributed by atoms with Gasteiger partial charge in [-0.05, 0) is 34.2 Å². The molecule has 5 aromatic rings. The number of carbonyl (C=O) groups excluding carboxylic acids is 11. The molecule has 3 aliphatic heterocycles. The molecule has 3 heterocycles. The van der Waals surface area contributed by atoms with Crippen molar-refractivity contribution in [2.45, 2.75) is 197 Å². The second-order valence-electron chi connectivity index (χ2n) is 25.7. The lowest BCUT2D eigenvalue weighted by atomic mass is 9.82. The standard InChI is InChI=1S/C75H88N6O29/c1-41(82)78-52-32-53(79-73(92)98-37-49-26-16-9-17-27-49)61(101-43(3)84)66(62(52)108-68-57(80-74(93)99-38-50-28-18-10-19-29-50)60(89)59(88)54(105-68)33-76-71(90)96-35-47-22-12-7-13-23-47)110-70-67(104-46(6)87)64(56(107-70)40-95-42(2)83)109-69-58(81-75(94)100-39-51-30-20-11-21-31-51)65(103-45(5)86)63(102-44(4)85)55(106-69)34-77-72(91)97-36-48-24-14-8-15-25-48/h7-31,52-70,88-89H,32-40H2,1-6H3,(H,76,90)(H,77,91)(H,78,82)(H,79,92)(H,80,93)(H,81,94)/t52-,53+,54+,55-,56+,57+,58+,59+,60+,61-,62+,63+,64+,65?,66+,67+,68+,69+,70-/m0/s1. The van der Waals surface area contributed by atoms with E-state index in [-0.39, 0.29) is 33.0 Å². The van der Waals surface area contributed by atoms with Crippen LogP contribution in [0.25, 0.3) is 0 Å². The van der Waals surface area contributed by atoms with Crippen molar-refractivity contribution in [3.8, 4) is 0 Å². The van der Waals surface area contributed by atoms with Crippen molar-refractivity contribution in [1.29, 1.82) is 0 Å². The number of amides is 6. The van der Waals surface area contributed by atoms with Crippen LogP contribution in [0.3, 0.4) is 0 Å². The first-order valence-corrected chi connectivity index (χ1v) is 35.0. The molecule has 9 rings (SSSR count). The number of nitrogens with one attached hydrogen (secondary N) is 6. The number of hydrogen-bond acceptors (Lipinski definition) is 29. The zero-order valence-electron chi connectivity index (χ0n) is 60.7. The van der Waals surface area contributed by atoms with Crippen LogP contribution in [0.2, 0.25) is 0 Å². The number of aliphatic hydroxyl groups excluding tert-OH is 2. The first-order chi connectivity index (χ1) is 52.8. The first-order valence-electron chi connectivity index (χ1n) is 35.0. The molecule has 6 amide bonds. The summed E-state index contributed by atoms with van der Waals surface area (Å²) in [6.45, 7) is 2.72. The highest BCUT2D eigenvalue weighted by atomic mass is 16.8. The lowest BCUT2D eigenvalue weighted by Gasteiger charge is -2.49. The molecule has 0 radical (unpaired) electrons. The summed E-state index contributed by atoms with van der Waals surface area (Å²) >= 11 is 0. The molecule has 19 atom stereocenters. The number of hydrogen-bond donors (Lipinski definition) is 8. The summed E-state index contributed by atoms with van der Waals surface area (Å²) in [5.74, 6) is -5.80. The molecule has 35 nitrogen and oxygen atoms in total. The summed E-state index contributed by atoms with van der Waals surface area (Å²) in [6, 6.07) is 35.7. The maximum atomic E-state index is 14.2. The average molecular weight is 1540 g/mol. The van der Waals surface area contributed by atoms with Gasteiger partial charge >= 0.3 is 60.3 Å². The molecule has 592 valence electrons. The molecule has 3 saturated heterocycles. The summed E-state index contributed by atoms with van der Waals surface area (Å²) in [6.07, 6.45) is -34.6. The van der Waals surface area contributed by atoms with Crippen molar-refractivity contribution in [2.24, 2.45) is 0 Å². The molecule has 1 unspecified atom stereocenters. The molecular formula is C75H88N6O29. The molecule has 5 aromatic carbocycles. The zero-order chi connectivity index (χ0) is 78.8. The lowest BCUT2D eigenvalue weighted by Crippen LogP contribution is -2.71. The molecule has 0 spiro atoms. The van der Waals surface area contributed by atoms with Crippen LogP contribution < -0.4 is 31.9 Å². The number of rotatable bonds is 30. The van der Waals surface area contributed by atoms with Crippen LogP contribution in [-0.2, 0) is 138 Å². The van der Waals surface area contributed by atoms with Crippen LogP contribution in [0.15, 0.2) is 152 Å². The minimum absolute atomic E-state index is 0.190. The third-order valence-electron chi connectivity index (χ3n) is 17.3. The number of alkyl carbamates (subject to hydrolysis) is 5. The Hall–Kier alpha value is -11.1. The molecular weight excluding hydrogens is 1450 g/mol. The van der Waals surface area contributed by atoms with Gasteiger partial charge in [-0.25, -0.2) is 24.0 Å². The van der Waals surface area contributed by atoms with Gasteiger partial charge in [0.2, 0.25) is 5.91 Å². The summed E-state index contributed by atoms with van der Waals surface area (Å²) in [7, 11) is 0. The minimum Gasteiger partial charge on any atom is -0.463 e. The van der Waals surface area contributed by atoms with Crippen LogP contribution >= 0.6 is 0 Å². The van der Waals surface area contributed by atoms with Crippen LogP contribution in [-0.4, -0.2) is 212 Å². The monoisotopic (exact) mass is 1540 g/mol. The SMILES string of the molecule is CC(=O)N[C@H]1C[C@@H](NC(=O)OCc2ccccc2)[C@H](OC(C)=O)[C@@H](O[C@@H]2O[C@H](COC(C)=O)[C@@H](O[C@H]3O[C@@H](CNC(=O)OCc4ccccc4)[C@@H](OC(C)=O)C(OC(C)=O)[C@H]3NC(=O)OCc3ccccc3)[C@H]2OC(C)=O)[C@@H]1O[C@H]1O[C@H](CNC(=O)OCc2ccccc2)[C@@H](O)[C@H](O)[C@H]1NC(=O)OCc1ccccc1. The maximum absolute atomic E-state index is 14.2. The van der Waals surface area contributed by atoms with E-state index in [1.54, 1.807) is 152 Å². The third-order valence-corrected chi connectivity index (χ3v) is 17.3. The minimum atomic E-state index is -2.14. The first kappa shape index (κ1) is 83.0. The summed E-state index contributed by atoms with van der Waals surface area (Å²) in [5.41, 5.74) is 2.82. The molecule has 0 bridgehead atoms. The Morgan fingerprint density at radius 3 is 1.14 bits per heavy atom. The molecule has 4 fully saturated rings. The maximum Gasteiger partial charge on any atom is 0.407 e. The zero-order valence-corrected chi connectivity index (χ0v) is 60.7. The van der Waals surface area contributed by atoms with Crippen molar-refractivity contribution in [3.05, 3.63) is 179 Å². The fourth-order valence-electron chi connectivity index (χ4n) is 12.5. The van der Waals surface area contributed by atoms with Gasteiger partial charge in [0.1, 0.15) is 101 Å². The van der Waals surface area contributed by atoms with Gasteiger partial charge in [0, 0.05) is 48.1 Å².